The molecule has 1 aromatic heterocycles. The van der Waals surface area contributed by atoms with Gasteiger partial charge in [-0.1, -0.05) is 13.3 Å². The summed E-state index contributed by atoms with van der Waals surface area (Å²) in [5, 5.41) is 0. The van der Waals surface area contributed by atoms with Crippen molar-refractivity contribution in [3.8, 4) is 0 Å². The number of carbonyl (C=O) groups is 1. The van der Waals surface area contributed by atoms with Gasteiger partial charge in [0.2, 0.25) is 0 Å². The highest BCUT2D eigenvalue weighted by atomic mass is 79.9. The minimum absolute atomic E-state index is 0.133. The van der Waals surface area contributed by atoms with Crippen molar-refractivity contribution in [3.63, 3.8) is 0 Å². The lowest BCUT2D eigenvalue weighted by molar-refractivity contribution is 0.0725. The molecule has 1 heterocycles. The van der Waals surface area contributed by atoms with E-state index in [-0.39, 0.29) is 5.91 Å². The van der Waals surface area contributed by atoms with E-state index in [0.29, 0.717) is 12.1 Å². The fraction of sp³-hybridized carbons (Fsp3) is 0.643. The maximum absolute atomic E-state index is 12.5. The largest absolute Gasteiger partial charge is 0.339 e. The molecule has 1 aliphatic rings. The summed E-state index contributed by atoms with van der Waals surface area (Å²) in [5.74, 6) is 0.133. The van der Waals surface area contributed by atoms with Crippen molar-refractivity contribution in [1.29, 1.82) is 0 Å². The molecule has 0 aromatic carbocycles. The minimum Gasteiger partial charge on any atom is -0.339 e. The fourth-order valence-electron chi connectivity index (χ4n) is 2.26. The molecule has 1 saturated carbocycles. The van der Waals surface area contributed by atoms with Crippen molar-refractivity contribution in [2.24, 2.45) is 0 Å². The first kappa shape index (κ1) is 13.7. The summed E-state index contributed by atoms with van der Waals surface area (Å²) >= 11 is 3.47. The molecule has 1 unspecified atom stereocenters. The van der Waals surface area contributed by atoms with Crippen LogP contribution in [-0.2, 0) is 0 Å². The molecule has 1 fully saturated rings. The lowest BCUT2D eigenvalue weighted by Crippen LogP contribution is -2.36. The summed E-state index contributed by atoms with van der Waals surface area (Å²) < 4.78 is 3.12. The number of nitrogens with zero attached hydrogens (tertiary/aromatic N) is 2. The van der Waals surface area contributed by atoms with E-state index in [1.54, 1.807) is 0 Å². The Hall–Kier alpha value is -0.770. The molecule has 0 spiro atoms. The molecule has 1 aromatic rings. The Kier molecular flexibility index (Phi) is 4.15. The van der Waals surface area contributed by atoms with Crippen LogP contribution in [0.4, 0.5) is 0 Å². The Balaban J connectivity index is 2.17. The Bertz CT molecular complexity index is 437. The van der Waals surface area contributed by atoms with E-state index in [1.165, 1.54) is 12.8 Å². The third-order valence-electron chi connectivity index (χ3n) is 3.66. The van der Waals surface area contributed by atoms with E-state index in [0.717, 1.165) is 23.0 Å². The fourth-order valence-corrected chi connectivity index (χ4v) is 2.70. The number of carbonyl (C=O) groups excluding carboxylic acids is 1. The average molecular weight is 313 g/mol. The number of halogens is 1. The van der Waals surface area contributed by atoms with Crippen LogP contribution >= 0.6 is 15.9 Å². The van der Waals surface area contributed by atoms with Crippen LogP contribution in [0.15, 0.2) is 16.7 Å². The average Bonchev–Trinajstić information content (AvgIpc) is 3.11. The number of aromatic nitrogens is 1. The summed E-state index contributed by atoms with van der Waals surface area (Å²) in [7, 11) is 1.90. The van der Waals surface area contributed by atoms with Crippen LogP contribution in [0.25, 0.3) is 0 Å². The summed E-state index contributed by atoms with van der Waals surface area (Å²) in [5.41, 5.74) is 0.815. The van der Waals surface area contributed by atoms with Gasteiger partial charge < -0.3 is 9.47 Å². The number of rotatable bonds is 5. The van der Waals surface area contributed by atoms with Gasteiger partial charge in [-0.15, -0.1) is 0 Å². The summed E-state index contributed by atoms with van der Waals surface area (Å²) in [4.78, 5) is 14.4. The highest BCUT2D eigenvalue weighted by Crippen LogP contribution is 2.37. The van der Waals surface area contributed by atoms with Gasteiger partial charge in [0.15, 0.2) is 0 Å². The number of hydrogen-bond acceptors (Lipinski definition) is 1. The van der Waals surface area contributed by atoms with Crippen LogP contribution in [-0.4, -0.2) is 28.5 Å². The Morgan fingerprint density at radius 3 is 2.83 bits per heavy atom. The van der Waals surface area contributed by atoms with Gasteiger partial charge in [0.1, 0.15) is 5.69 Å². The van der Waals surface area contributed by atoms with Crippen molar-refractivity contribution in [3.05, 3.63) is 22.4 Å². The van der Waals surface area contributed by atoms with E-state index in [9.17, 15) is 4.79 Å². The Morgan fingerprint density at radius 1 is 1.61 bits per heavy atom. The van der Waals surface area contributed by atoms with Gasteiger partial charge in [0.25, 0.3) is 5.91 Å². The normalized spacial score (nSPS) is 16.7. The number of hydrogen-bond donors (Lipinski definition) is 0. The van der Waals surface area contributed by atoms with Crippen molar-refractivity contribution >= 4 is 21.8 Å². The van der Waals surface area contributed by atoms with E-state index in [4.69, 9.17) is 0 Å². The van der Waals surface area contributed by atoms with E-state index in [2.05, 4.69) is 34.3 Å². The predicted molar refractivity (Wildman–Crippen MR) is 76.9 cm³/mol. The first-order valence-corrected chi connectivity index (χ1v) is 7.48. The first-order valence-electron chi connectivity index (χ1n) is 6.69. The van der Waals surface area contributed by atoms with E-state index < -0.39 is 0 Å². The zero-order chi connectivity index (χ0) is 13.3. The molecular weight excluding hydrogens is 292 g/mol. The van der Waals surface area contributed by atoms with Crippen LogP contribution in [0.3, 0.4) is 0 Å². The second-order valence-electron chi connectivity index (χ2n) is 5.24. The van der Waals surface area contributed by atoms with Gasteiger partial charge >= 0.3 is 0 Å². The standard InChI is InChI=1S/C14H21BrN2O/c1-4-5-10(2)16(3)14(18)13-8-11(15)9-17(13)12-6-7-12/h8-10,12H,4-7H2,1-3H3. The summed E-state index contributed by atoms with van der Waals surface area (Å²) in [6.07, 6.45) is 6.56. The molecule has 1 atom stereocenters. The SMILES string of the molecule is CCCC(C)N(C)C(=O)c1cc(Br)cn1C1CC1. The second kappa shape index (κ2) is 5.47. The predicted octanol–water partition coefficient (Wildman–Crippen LogP) is 3.85. The quantitative estimate of drug-likeness (QED) is 0.810. The first-order chi connectivity index (χ1) is 8.54. The molecule has 18 heavy (non-hydrogen) atoms. The van der Waals surface area contributed by atoms with Crippen LogP contribution < -0.4 is 0 Å². The maximum Gasteiger partial charge on any atom is 0.270 e. The van der Waals surface area contributed by atoms with Gasteiger partial charge in [0.05, 0.1) is 0 Å². The third kappa shape index (κ3) is 2.79. The highest BCUT2D eigenvalue weighted by molar-refractivity contribution is 9.10. The van der Waals surface area contributed by atoms with Gasteiger partial charge in [-0.2, -0.15) is 0 Å². The molecule has 4 heteroatoms. The molecule has 0 radical (unpaired) electrons. The molecule has 0 N–H and O–H groups in total. The molecule has 100 valence electrons. The minimum atomic E-state index is 0.133. The molecule has 1 aliphatic carbocycles. The summed E-state index contributed by atoms with van der Waals surface area (Å²) in [6, 6.07) is 2.77. The molecule has 1 amide bonds. The smallest absolute Gasteiger partial charge is 0.270 e. The lowest BCUT2D eigenvalue weighted by atomic mass is 10.1. The Labute approximate surface area is 117 Å². The second-order valence-corrected chi connectivity index (χ2v) is 6.15. The zero-order valence-electron chi connectivity index (χ0n) is 11.3. The van der Waals surface area contributed by atoms with Crippen LogP contribution in [0.1, 0.15) is 56.1 Å². The lowest BCUT2D eigenvalue weighted by Gasteiger charge is -2.25. The van der Waals surface area contributed by atoms with Gasteiger partial charge in [0, 0.05) is 29.8 Å². The van der Waals surface area contributed by atoms with Crippen molar-refractivity contribution in [2.75, 3.05) is 7.05 Å². The monoisotopic (exact) mass is 312 g/mol. The Morgan fingerprint density at radius 2 is 2.28 bits per heavy atom. The van der Waals surface area contributed by atoms with Crippen molar-refractivity contribution in [1.82, 2.24) is 9.47 Å². The highest BCUT2D eigenvalue weighted by Gasteiger charge is 2.29. The molecule has 0 aliphatic heterocycles. The van der Waals surface area contributed by atoms with E-state index >= 15 is 0 Å². The summed E-state index contributed by atoms with van der Waals surface area (Å²) in [6.45, 7) is 4.26. The van der Waals surface area contributed by atoms with Crippen molar-refractivity contribution < 1.29 is 4.79 Å². The molecular formula is C14H21BrN2O. The molecule has 2 rings (SSSR count). The van der Waals surface area contributed by atoms with Crippen LogP contribution in [0.2, 0.25) is 0 Å². The molecule has 0 bridgehead atoms. The van der Waals surface area contributed by atoms with E-state index in [1.807, 2.05) is 24.2 Å². The molecule has 0 saturated heterocycles. The van der Waals surface area contributed by atoms with Crippen molar-refractivity contribution in [2.45, 2.75) is 51.6 Å². The third-order valence-corrected chi connectivity index (χ3v) is 4.10. The zero-order valence-corrected chi connectivity index (χ0v) is 12.9. The topological polar surface area (TPSA) is 25.2 Å². The number of amides is 1. The molecule has 3 nitrogen and oxygen atoms in total. The van der Waals surface area contributed by atoms with Gasteiger partial charge in [-0.05, 0) is 48.2 Å². The van der Waals surface area contributed by atoms with Crippen LogP contribution in [0, 0.1) is 0 Å². The van der Waals surface area contributed by atoms with Crippen LogP contribution in [0.5, 0.6) is 0 Å². The van der Waals surface area contributed by atoms with Gasteiger partial charge in [-0.25, -0.2) is 0 Å². The van der Waals surface area contributed by atoms with Gasteiger partial charge in [-0.3, -0.25) is 4.79 Å². The maximum atomic E-state index is 12.5.